The molecule has 0 aliphatic carbocycles. The van der Waals surface area contributed by atoms with E-state index in [0.29, 0.717) is 0 Å². The smallest absolute Gasteiger partial charge is 0.335 e. The standard InChI is InChI=1S/C12H15FN2O5S/c1-6-8(13)4-7(10(16)17)5-9(6)21(19,20)15-12(2,3)11(14)18/h4-5,15H,1-3H3,(H2,14,18)(H,16,17). The maximum Gasteiger partial charge on any atom is 0.335 e. The molecule has 0 saturated carbocycles. The molecule has 1 aromatic carbocycles. The van der Waals surface area contributed by atoms with E-state index in [-0.39, 0.29) is 5.56 Å². The zero-order valence-electron chi connectivity index (χ0n) is 11.6. The largest absolute Gasteiger partial charge is 0.478 e. The van der Waals surface area contributed by atoms with Gasteiger partial charge in [0.1, 0.15) is 11.4 Å². The summed E-state index contributed by atoms with van der Waals surface area (Å²) in [6, 6.07) is 1.54. The molecule has 21 heavy (non-hydrogen) atoms. The van der Waals surface area contributed by atoms with Gasteiger partial charge >= 0.3 is 5.97 Å². The minimum absolute atomic E-state index is 0.257. The Morgan fingerprint density at radius 1 is 1.33 bits per heavy atom. The normalized spacial score (nSPS) is 12.2. The molecule has 0 radical (unpaired) electrons. The number of benzene rings is 1. The maximum atomic E-state index is 13.7. The fourth-order valence-corrected chi connectivity index (χ4v) is 3.16. The van der Waals surface area contributed by atoms with E-state index in [1.54, 1.807) is 0 Å². The number of carbonyl (C=O) groups is 2. The third kappa shape index (κ3) is 3.56. The van der Waals surface area contributed by atoms with Crippen molar-refractivity contribution in [3.63, 3.8) is 0 Å². The summed E-state index contributed by atoms with van der Waals surface area (Å²) < 4.78 is 40.1. The average molecular weight is 318 g/mol. The molecule has 116 valence electrons. The summed E-state index contributed by atoms with van der Waals surface area (Å²) >= 11 is 0. The number of primary amides is 1. The molecule has 0 aliphatic rings. The first kappa shape index (κ1) is 17.1. The van der Waals surface area contributed by atoms with Gasteiger partial charge in [0.2, 0.25) is 15.9 Å². The van der Waals surface area contributed by atoms with Crippen LogP contribution in [0.25, 0.3) is 0 Å². The van der Waals surface area contributed by atoms with E-state index in [9.17, 15) is 22.4 Å². The van der Waals surface area contributed by atoms with Gasteiger partial charge in [0.15, 0.2) is 0 Å². The number of amides is 1. The van der Waals surface area contributed by atoms with Gasteiger partial charge in [-0.2, -0.15) is 4.72 Å². The minimum atomic E-state index is -4.33. The highest BCUT2D eigenvalue weighted by molar-refractivity contribution is 7.89. The molecule has 0 spiro atoms. The molecule has 7 nitrogen and oxygen atoms in total. The summed E-state index contributed by atoms with van der Waals surface area (Å²) in [5, 5.41) is 8.86. The van der Waals surface area contributed by atoms with Crippen LogP contribution >= 0.6 is 0 Å². The molecule has 0 atom stereocenters. The zero-order valence-corrected chi connectivity index (χ0v) is 12.4. The lowest BCUT2D eigenvalue weighted by molar-refractivity contribution is -0.122. The Kier molecular flexibility index (Phi) is 4.40. The molecule has 0 bridgehead atoms. The lowest BCUT2D eigenvalue weighted by Gasteiger charge is -2.22. The molecule has 1 amide bonds. The van der Waals surface area contributed by atoms with Gasteiger partial charge in [0.25, 0.3) is 0 Å². The van der Waals surface area contributed by atoms with Crippen LogP contribution < -0.4 is 10.5 Å². The van der Waals surface area contributed by atoms with Crippen LogP contribution in [-0.4, -0.2) is 30.9 Å². The monoisotopic (exact) mass is 318 g/mol. The SMILES string of the molecule is Cc1c(F)cc(C(=O)O)cc1S(=O)(=O)NC(C)(C)C(N)=O. The molecular weight excluding hydrogens is 303 g/mol. The molecule has 0 aromatic heterocycles. The summed E-state index contributed by atoms with van der Waals surface area (Å²) in [6.07, 6.45) is 0. The predicted molar refractivity (Wildman–Crippen MR) is 71.7 cm³/mol. The van der Waals surface area contributed by atoms with Crippen LogP contribution in [0, 0.1) is 12.7 Å². The highest BCUT2D eigenvalue weighted by Crippen LogP contribution is 2.22. The summed E-state index contributed by atoms with van der Waals surface area (Å²) in [7, 11) is -4.33. The van der Waals surface area contributed by atoms with Crippen LogP contribution in [0.5, 0.6) is 0 Å². The first-order chi connectivity index (χ1) is 9.38. The second-order valence-corrected chi connectivity index (χ2v) is 6.63. The summed E-state index contributed by atoms with van der Waals surface area (Å²) in [5.74, 6) is -3.38. The van der Waals surface area contributed by atoms with Gasteiger partial charge in [-0.3, -0.25) is 4.79 Å². The van der Waals surface area contributed by atoms with Crippen molar-refractivity contribution in [2.75, 3.05) is 0 Å². The number of rotatable bonds is 5. The third-order valence-corrected chi connectivity index (χ3v) is 4.62. The van der Waals surface area contributed by atoms with Crippen molar-refractivity contribution >= 4 is 21.9 Å². The number of carboxylic acid groups (broad SMARTS) is 1. The number of sulfonamides is 1. The molecule has 0 saturated heterocycles. The first-order valence-corrected chi connectivity index (χ1v) is 7.24. The van der Waals surface area contributed by atoms with Crippen molar-refractivity contribution in [1.82, 2.24) is 4.72 Å². The Labute approximate surface area is 121 Å². The van der Waals surface area contributed by atoms with E-state index in [2.05, 4.69) is 0 Å². The highest BCUT2D eigenvalue weighted by Gasteiger charge is 2.33. The van der Waals surface area contributed by atoms with Crippen LogP contribution in [0.15, 0.2) is 17.0 Å². The van der Waals surface area contributed by atoms with Gasteiger partial charge in [-0.05, 0) is 32.9 Å². The Hall–Kier alpha value is -2.00. The third-order valence-electron chi connectivity index (χ3n) is 2.84. The number of carbonyl (C=O) groups excluding carboxylic acids is 1. The van der Waals surface area contributed by atoms with E-state index >= 15 is 0 Å². The van der Waals surface area contributed by atoms with E-state index in [1.807, 2.05) is 4.72 Å². The Morgan fingerprint density at radius 3 is 2.29 bits per heavy atom. The molecule has 0 aliphatic heterocycles. The van der Waals surface area contributed by atoms with Crippen LogP contribution in [0.1, 0.15) is 29.8 Å². The highest BCUT2D eigenvalue weighted by atomic mass is 32.2. The van der Waals surface area contributed by atoms with Crippen LogP contribution in [0.2, 0.25) is 0 Å². The minimum Gasteiger partial charge on any atom is -0.478 e. The fraction of sp³-hybridized carbons (Fsp3) is 0.333. The molecule has 0 unspecified atom stereocenters. The molecule has 1 aromatic rings. The molecule has 0 fully saturated rings. The van der Waals surface area contributed by atoms with Gasteiger partial charge in [-0.25, -0.2) is 17.6 Å². The van der Waals surface area contributed by atoms with E-state index in [0.717, 1.165) is 12.1 Å². The van der Waals surface area contributed by atoms with Crippen LogP contribution in [-0.2, 0) is 14.8 Å². The number of carboxylic acids is 1. The number of hydrogen-bond acceptors (Lipinski definition) is 4. The Balaban J connectivity index is 3.45. The molecule has 0 heterocycles. The van der Waals surface area contributed by atoms with E-state index < -0.39 is 43.7 Å². The summed E-state index contributed by atoms with van der Waals surface area (Å²) in [4.78, 5) is 21.5. The van der Waals surface area contributed by atoms with Crippen molar-refractivity contribution < 1.29 is 27.5 Å². The topological polar surface area (TPSA) is 127 Å². The quantitative estimate of drug-likeness (QED) is 0.723. The van der Waals surface area contributed by atoms with Gasteiger partial charge in [0, 0.05) is 5.56 Å². The predicted octanol–water partition coefficient (Wildman–Crippen LogP) is 0.375. The lowest BCUT2D eigenvalue weighted by Crippen LogP contribution is -2.52. The van der Waals surface area contributed by atoms with Crippen molar-refractivity contribution in [2.24, 2.45) is 5.73 Å². The van der Waals surface area contributed by atoms with Gasteiger partial charge in [-0.1, -0.05) is 0 Å². The zero-order chi connectivity index (χ0) is 16.6. The number of nitrogens with two attached hydrogens (primary N) is 1. The molecule has 9 heteroatoms. The van der Waals surface area contributed by atoms with E-state index in [1.165, 1.54) is 20.8 Å². The van der Waals surface area contributed by atoms with Crippen LogP contribution in [0.4, 0.5) is 4.39 Å². The van der Waals surface area contributed by atoms with Crippen LogP contribution in [0.3, 0.4) is 0 Å². The second kappa shape index (κ2) is 5.41. The van der Waals surface area contributed by atoms with Crippen molar-refractivity contribution in [1.29, 1.82) is 0 Å². The van der Waals surface area contributed by atoms with E-state index in [4.69, 9.17) is 10.8 Å². The van der Waals surface area contributed by atoms with Gasteiger partial charge in [0.05, 0.1) is 10.5 Å². The molecule has 1 rings (SSSR count). The second-order valence-electron chi connectivity index (χ2n) is 4.98. The average Bonchev–Trinajstić information content (AvgIpc) is 2.30. The number of nitrogens with one attached hydrogen (secondary N) is 1. The van der Waals surface area contributed by atoms with Gasteiger partial charge < -0.3 is 10.8 Å². The fourth-order valence-electron chi connectivity index (χ4n) is 1.50. The summed E-state index contributed by atoms with van der Waals surface area (Å²) in [6.45, 7) is 3.66. The maximum absolute atomic E-state index is 13.7. The Morgan fingerprint density at radius 2 is 1.86 bits per heavy atom. The van der Waals surface area contributed by atoms with Gasteiger partial charge in [-0.15, -0.1) is 0 Å². The number of halogens is 1. The number of hydrogen-bond donors (Lipinski definition) is 3. The molecule has 4 N–H and O–H groups in total. The summed E-state index contributed by atoms with van der Waals surface area (Å²) in [5.41, 5.74) is 2.68. The van der Waals surface area contributed by atoms with Crippen molar-refractivity contribution in [3.8, 4) is 0 Å². The van der Waals surface area contributed by atoms with Crippen molar-refractivity contribution in [2.45, 2.75) is 31.2 Å². The number of aromatic carboxylic acids is 1. The first-order valence-electron chi connectivity index (χ1n) is 5.76. The Bertz CT molecular complexity index is 713. The molecular formula is C12H15FN2O5S. The van der Waals surface area contributed by atoms with Crippen molar-refractivity contribution in [3.05, 3.63) is 29.1 Å². The lowest BCUT2D eigenvalue weighted by atomic mass is 10.1.